The Bertz CT molecular complexity index is 1840. The van der Waals surface area contributed by atoms with E-state index in [0.29, 0.717) is 35.6 Å². The predicted octanol–water partition coefficient (Wildman–Crippen LogP) is 6.91. The van der Waals surface area contributed by atoms with Gasteiger partial charge in [0.25, 0.3) is 0 Å². The van der Waals surface area contributed by atoms with Gasteiger partial charge in [-0.15, -0.1) is 0 Å². The second-order valence-electron chi connectivity index (χ2n) is 10.1. The standard InChI is InChI=1S/C32H25ClF3N3O4/c1-41-32(40)18-6-8-28-29(12-18)39(16-22-9-10-42-22)30(37-28)13-20-11-26(36)23(15-25(20)35)27-3-2-4-31(38-27)43-17-19-5-7-21(33)14-24(19)34/h2-8,11-12,14-15,22H,9-10,13,16-17H2,1H3. The highest BCUT2D eigenvalue weighted by atomic mass is 35.5. The molecule has 3 heterocycles. The minimum Gasteiger partial charge on any atom is -0.473 e. The van der Waals surface area contributed by atoms with Crippen LogP contribution in [0.3, 0.4) is 0 Å². The van der Waals surface area contributed by atoms with Crippen LogP contribution in [0.25, 0.3) is 22.3 Å². The monoisotopic (exact) mass is 607 g/mol. The number of halogens is 4. The molecule has 11 heteroatoms. The first-order chi connectivity index (χ1) is 20.8. The van der Waals surface area contributed by atoms with E-state index in [1.165, 1.54) is 25.3 Å². The Morgan fingerprint density at radius 2 is 1.81 bits per heavy atom. The van der Waals surface area contributed by atoms with Crippen molar-refractivity contribution < 1.29 is 32.2 Å². The van der Waals surface area contributed by atoms with Crippen LogP contribution in [0.4, 0.5) is 13.2 Å². The van der Waals surface area contributed by atoms with Crippen molar-refractivity contribution in [1.82, 2.24) is 14.5 Å². The van der Waals surface area contributed by atoms with Crippen LogP contribution < -0.4 is 4.74 Å². The topological polar surface area (TPSA) is 75.5 Å². The lowest BCUT2D eigenvalue weighted by Crippen LogP contribution is -2.31. The summed E-state index contributed by atoms with van der Waals surface area (Å²) in [6.45, 7) is 0.984. The van der Waals surface area contributed by atoms with Crippen LogP contribution in [0.2, 0.25) is 5.02 Å². The molecule has 2 aromatic heterocycles. The Morgan fingerprint density at radius 1 is 1.00 bits per heavy atom. The van der Waals surface area contributed by atoms with Crippen molar-refractivity contribution >= 4 is 28.6 Å². The van der Waals surface area contributed by atoms with Gasteiger partial charge in [0.05, 0.1) is 42.0 Å². The summed E-state index contributed by atoms with van der Waals surface area (Å²) >= 11 is 5.80. The van der Waals surface area contributed by atoms with Gasteiger partial charge in [0, 0.05) is 35.2 Å². The zero-order valence-electron chi connectivity index (χ0n) is 23.0. The van der Waals surface area contributed by atoms with Crippen molar-refractivity contribution in [3.8, 4) is 17.1 Å². The number of hydrogen-bond acceptors (Lipinski definition) is 6. The summed E-state index contributed by atoms with van der Waals surface area (Å²) in [5.74, 6) is -1.70. The number of carbonyl (C=O) groups excluding carboxylic acids is 1. The number of ether oxygens (including phenoxy) is 3. The average molecular weight is 608 g/mol. The molecule has 220 valence electrons. The number of rotatable bonds is 9. The van der Waals surface area contributed by atoms with Crippen molar-refractivity contribution in [2.75, 3.05) is 13.7 Å². The van der Waals surface area contributed by atoms with E-state index in [1.807, 2.05) is 4.57 Å². The molecule has 0 saturated carbocycles. The molecule has 0 radical (unpaired) electrons. The van der Waals surface area contributed by atoms with E-state index in [0.717, 1.165) is 18.6 Å². The molecule has 0 aliphatic carbocycles. The molecule has 6 rings (SSSR count). The van der Waals surface area contributed by atoms with Gasteiger partial charge in [-0.3, -0.25) is 0 Å². The molecule has 7 nitrogen and oxygen atoms in total. The van der Waals surface area contributed by atoms with Gasteiger partial charge in [0.1, 0.15) is 29.9 Å². The number of benzene rings is 3. The lowest BCUT2D eigenvalue weighted by molar-refractivity contribution is -0.0589. The fraction of sp³-hybridized carbons (Fsp3) is 0.219. The zero-order chi connectivity index (χ0) is 30.1. The van der Waals surface area contributed by atoms with Gasteiger partial charge >= 0.3 is 5.97 Å². The maximum atomic E-state index is 15.5. The van der Waals surface area contributed by atoms with E-state index in [9.17, 15) is 9.18 Å². The van der Waals surface area contributed by atoms with E-state index < -0.39 is 23.4 Å². The Hall–Kier alpha value is -4.41. The van der Waals surface area contributed by atoms with Crippen LogP contribution in [0, 0.1) is 17.5 Å². The van der Waals surface area contributed by atoms with Crippen molar-refractivity contribution in [3.05, 3.63) is 112 Å². The van der Waals surface area contributed by atoms with E-state index in [2.05, 4.69) is 9.97 Å². The third-order valence-corrected chi connectivity index (χ3v) is 7.54. The summed E-state index contributed by atoms with van der Waals surface area (Å²) in [5, 5.41) is 0.264. The van der Waals surface area contributed by atoms with Crippen LogP contribution in [0.15, 0.2) is 66.7 Å². The van der Waals surface area contributed by atoms with Crippen molar-refractivity contribution in [2.45, 2.75) is 32.1 Å². The van der Waals surface area contributed by atoms with E-state index >= 15 is 8.78 Å². The number of pyridine rings is 1. The molecule has 5 aromatic rings. The predicted molar refractivity (Wildman–Crippen MR) is 154 cm³/mol. The highest BCUT2D eigenvalue weighted by molar-refractivity contribution is 6.30. The van der Waals surface area contributed by atoms with E-state index in [4.69, 9.17) is 25.8 Å². The molecule has 0 amide bonds. The largest absolute Gasteiger partial charge is 0.473 e. The second kappa shape index (κ2) is 12.1. The molecular weight excluding hydrogens is 583 g/mol. The summed E-state index contributed by atoms with van der Waals surface area (Å²) in [7, 11) is 1.31. The summed E-state index contributed by atoms with van der Waals surface area (Å²) in [6.07, 6.45) is 0.817. The van der Waals surface area contributed by atoms with Crippen LogP contribution in [-0.2, 0) is 29.0 Å². The van der Waals surface area contributed by atoms with Crippen LogP contribution in [0.5, 0.6) is 5.88 Å². The number of fused-ring (bicyclic) bond motifs is 1. The molecule has 1 unspecified atom stereocenters. The van der Waals surface area contributed by atoms with Gasteiger partial charge in [0.2, 0.25) is 5.88 Å². The molecule has 1 aliphatic rings. The van der Waals surface area contributed by atoms with Gasteiger partial charge < -0.3 is 18.8 Å². The van der Waals surface area contributed by atoms with Gasteiger partial charge in [0.15, 0.2) is 0 Å². The van der Waals surface area contributed by atoms with Crippen LogP contribution >= 0.6 is 11.6 Å². The summed E-state index contributed by atoms with van der Waals surface area (Å²) in [6, 6.07) is 16.1. The minimum atomic E-state index is -0.678. The summed E-state index contributed by atoms with van der Waals surface area (Å²) in [4.78, 5) is 21.1. The van der Waals surface area contributed by atoms with Gasteiger partial charge in [-0.2, -0.15) is 0 Å². The molecule has 1 fully saturated rings. The SMILES string of the molecule is COC(=O)c1ccc2nc(Cc3cc(F)c(-c4cccc(OCc5ccc(Cl)cc5F)n4)cc3F)n(CC3CCO3)c2c1. The van der Waals surface area contributed by atoms with Gasteiger partial charge in [-0.05, 0) is 60.5 Å². The fourth-order valence-corrected chi connectivity index (χ4v) is 5.07. The van der Waals surface area contributed by atoms with Gasteiger partial charge in [-0.1, -0.05) is 23.7 Å². The fourth-order valence-electron chi connectivity index (χ4n) is 4.91. The first kappa shape index (κ1) is 28.7. The average Bonchev–Trinajstić information content (AvgIpc) is 3.31. The Balaban J connectivity index is 1.27. The van der Waals surface area contributed by atoms with E-state index in [-0.39, 0.29) is 52.4 Å². The summed E-state index contributed by atoms with van der Waals surface area (Å²) in [5.41, 5.74) is 2.12. The molecule has 1 saturated heterocycles. The van der Waals surface area contributed by atoms with Crippen molar-refractivity contribution in [2.24, 2.45) is 0 Å². The zero-order valence-corrected chi connectivity index (χ0v) is 23.7. The molecule has 1 atom stereocenters. The van der Waals surface area contributed by atoms with Gasteiger partial charge in [-0.25, -0.2) is 27.9 Å². The number of hydrogen-bond donors (Lipinski definition) is 0. The van der Waals surface area contributed by atoms with E-state index in [1.54, 1.807) is 36.4 Å². The number of methoxy groups -OCH3 is 1. The lowest BCUT2D eigenvalue weighted by atomic mass is 10.0. The smallest absolute Gasteiger partial charge is 0.337 e. The molecule has 3 aromatic carbocycles. The highest BCUT2D eigenvalue weighted by Gasteiger charge is 2.24. The highest BCUT2D eigenvalue weighted by Crippen LogP contribution is 2.29. The minimum absolute atomic E-state index is 0.00122. The Labute approximate surface area is 249 Å². The molecule has 0 N–H and O–H groups in total. The molecular formula is C32H25ClF3N3O4. The number of carbonyl (C=O) groups is 1. The Morgan fingerprint density at radius 3 is 2.56 bits per heavy atom. The van der Waals surface area contributed by atoms with Crippen LogP contribution in [-0.4, -0.2) is 40.3 Å². The third-order valence-electron chi connectivity index (χ3n) is 7.30. The lowest BCUT2D eigenvalue weighted by Gasteiger charge is -2.27. The molecule has 1 aliphatic heterocycles. The first-order valence-corrected chi connectivity index (χ1v) is 13.9. The third kappa shape index (κ3) is 6.07. The number of esters is 1. The number of imidazole rings is 1. The van der Waals surface area contributed by atoms with Crippen LogP contribution in [0.1, 0.15) is 33.7 Å². The number of aromatic nitrogens is 3. The number of nitrogens with zero attached hydrogens (tertiary/aromatic N) is 3. The molecule has 43 heavy (non-hydrogen) atoms. The first-order valence-electron chi connectivity index (χ1n) is 13.5. The maximum Gasteiger partial charge on any atom is 0.337 e. The van der Waals surface area contributed by atoms with Crippen molar-refractivity contribution in [1.29, 1.82) is 0 Å². The Kier molecular flexibility index (Phi) is 8.05. The maximum absolute atomic E-state index is 15.5. The summed E-state index contributed by atoms with van der Waals surface area (Å²) < 4.78 is 63.0. The van der Waals surface area contributed by atoms with Crippen molar-refractivity contribution in [3.63, 3.8) is 0 Å². The molecule has 0 bridgehead atoms. The normalized spacial score (nSPS) is 14.5. The molecule has 0 spiro atoms. The second-order valence-corrected chi connectivity index (χ2v) is 10.5. The quantitative estimate of drug-likeness (QED) is 0.169.